The van der Waals surface area contributed by atoms with Gasteiger partial charge in [0.05, 0.1) is 23.1 Å². The van der Waals surface area contributed by atoms with Crippen molar-refractivity contribution in [2.75, 3.05) is 6.54 Å². The Hall–Kier alpha value is -2.76. The highest BCUT2D eigenvalue weighted by atomic mass is 19.2. The van der Waals surface area contributed by atoms with E-state index in [0.717, 1.165) is 42.2 Å². The highest BCUT2D eigenvalue weighted by molar-refractivity contribution is 5.94. The largest absolute Gasteiger partial charge is 0.331 e. The summed E-state index contributed by atoms with van der Waals surface area (Å²) in [5, 5.41) is 0. The summed E-state index contributed by atoms with van der Waals surface area (Å²) in [5.74, 6) is -1.40. The molecule has 0 N–H and O–H groups in total. The van der Waals surface area contributed by atoms with Gasteiger partial charge < -0.3 is 9.47 Å². The Morgan fingerprint density at radius 1 is 1.09 bits per heavy atom. The minimum Gasteiger partial charge on any atom is -0.331 e. The van der Waals surface area contributed by atoms with E-state index in [1.807, 2.05) is 18.2 Å². The Morgan fingerprint density at radius 3 is 2.59 bits per heavy atom. The number of imidazole rings is 1. The third kappa shape index (κ3) is 4.69. The van der Waals surface area contributed by atoms with Crippen LogP contribution in [0.3, 0.4) is 0 Å². The average Bonchev–Trinajstić information content (AvgIpc) is 3.16. The molecular weight excluding hydrogens is 408 g/mol. The zero-order valence-electron chi connectivity index (χ0n) is 18.9. The molecule has 1 amide bonds. The molecule has 1 aromatic heterocycles. The number of carbonyl (C=O) groups excluding carboxylic acids is 1. The second-order valence-corrected chi connectivity index (χ2v) is 9.19. The smallest absolute Gasteiger partial charge is 0.257 e. The van der Waals surface area contributed by atoms with E-state index in [4.69, 9.17) is 4.98 Å². The predicted molar refractivity (Wildman–Crippen MR) is 122 cm³/mol. The summed E-state index contributed by atoms with van der Waals surface area (Å²) in [5.41, 5.74) is 1.75. The van der Waals surface area contributed by atoms with Crippen molar-refractivity contribution in [2.24, 2.45) is 5.92 Å². The first kappa shape index (κ1) is 22.4. The molecule has 0 atom stereocenters. The molecule has 0 saturated heterocycles. The molecular formula is C26H31F2N3O. The van der Waals surface area contributed by atoms with Crippen LogP contribution in [0.25, 0.3) is 11.0 Å². The lowest BCUT2D eigenvalue weighted by Crippen LogP contribution is -2.34. The van der Waals surface area contributed by atoms with Gasteiger partial charge in [-0.25, -0.2) is 13.8 Å². The molecule has 1 saturated carbocycles. The summed E-state index contributed by atoms with van der Waals surface area (Å²) in [7, 11) is 0. The summed E-state index contributed by atoms with van der Waals surface area (Å²) < 4.78 is 30.6. The zero-order valence-corrected chi connectivity index (χ0v) is 18.9. The molecule has 1 fully saturated rings. The Bertz CT molecular complexity index is 1090. The van der Waals surface area contributed by atoms with Gasteiger partial charge in [0, 0.05) is 12.6 Å². The molecule has 3 aromatic rings. The lowest BCUT2D eigenvalue weighted by atomic mass is 9.95. The number of hydrogen-bond acceptors (Lipinski definition) is 2. The second-order valence-electron chi connectivity index (χ2n) is 9.19. The molecule has 0 spiro atoms. The number of amides is 1. The number of nitrogens with zero attached hydrogens (tertiary/aromatic N) is 3. The van der Waals surface area contributed by atoms with E-state index in [9.17, 15) is 13.6 Å². The molecule has 1 aliphatic rings. The van der Waals surface area contributed by atoms with Crippen molar-refractivity contribution >= 4 is 16.9 Å². The number of benzene rings is 2. The van der Waals surface area contributed by atoms with Crippen LogP contribution in [0, 0.1) is 17.6 Å². The van der Waals surface area contributed by atoms with Crippen LogP contribution < -0.4 is 0 Å². The van der Waals surface area contributed by atoms with Crippen LogP contribution in [0.1, 0.15) is 74.6 Å². The maximum absolute atomic E-state index is 14.4. The van der Waals surface area contributed by atoms with E-state index in [-0.39, 0.29) is 12.1 Å². The van der Waals surface area contributed by atoms with E-state index in [1.54, 1.807) is 4.90 Å². The van der Waals surface area contributed by atoms with Gasteiger partial charge in [-0.2, -0.15) is 0 Å². The van der Waals surface area contributed by atoms with Crippen LogP contribution in [-0.2, 0) is 6.54 Å². The quantitative estimate of drug-likeness (QED) is 0.421. The minimum absolute atomic E-state index is 0.228. The summed E-state index contributed by atoms with van der Waals surface area (Å²) in [6, 6.07) is 12.2. The standard InChI is InChI=1S/C26H31F2N3O/c1-18(2)15-16-30(26(32)20-11-8-12-21(27)25(20)28)17-24-29-22-13-6-7-14-23(22)31(24)19-9-4-3-5-10-19/h6-8,11-14,18-19H,3-5,9-10,15-17H2,1-2H3. The number of rotatable bonds is 7. The number of aromatic nitrogens is 2. The Labute approximate surface area is 188 Å². The normalized spacial score (nSPS) is 14.9. The second kappa shape index (κ2) is 9.80. The molecule has 0 radical (unpaired) electrons. The number of carbonyl (C=O) groups is 1. The monoisotopic (exact) mass is 439 g/mol. The molecule has 4 rings (SSSR count). The first-order chi connectivity index (χ1) is 15.5. The average molecular weight is 440 g/mol. The fourth-order valence-corrected chi connectivity index (χ4v) is 4.63. The molecule has 4 nitrogen and oxygen atoms in total. The SMILES string of the molecule is CC(C)CCN(Cc1nc2ccccc2n1C1CCCCC1)C(=O)c1cccc(F)c1F. The molecule has 0 bridgehead atoms. The molecule has 170 valence electrons. The van der Waals surface area contributed by atoms with E-state index >= 15 is 0 Å². The van der Waals surface area contributed by atoms with E-state index < -0.39 is 17.5 Å². The van der Waals surface area contributed by atoms with Crippen LogP contribution in [0.15, 0.2) is 42.5 Å². The molecule has 0 aliphatic heterocycles. The van der Waals surface area contributed by atoms with E-state index in [1.165, 1.54) is 31.4 Å². The van der Waals surface area contributed by atoms with Crippen LogP contribution in [0.5, 0.6) is 0 Å². The highest BCUT2D eigenvalue weighted by Crippen LogP contribution is 2.33. The Balaban J connectivity index is 1.72. The topological polar surface area (TPSA) is 38.1 Å². The minimum atomic E-state index is -1.09. The van der Waals surface area contributed by atoms with Crippen molar-refractivity contribution in [3.63, 3.8) is 0 Å². The fourth-order valence-electron chi connectivity index (χ4n) is 4.63. The predicted octanol–water partition coefficient (Wildman–Crippen LogP) is 6.51. The lowest BCUT2D eigenvalue weighted by molar-refractivity contribution is 0.0722. The van der Waals surface area contributed by atoms with Gasteiger partial charge in [0.2, 0.25) is 0 Å². The van der Waals surface area contributed by atoms with Gasteiger partial charge in [-0.3, -0.25) is 4.79 Å². The van der Waals surface area contributed by atoms with Gasteiger partial charge in [-0.05, 0) is 49.4 Å². The Morgan fingerprint density at radius 2 is 1.84 bits per heavy atom. The molecule has 0 unspecified atom stereocenters. The van der Waals surface area contributed by atoms with Crippen LogP contribution >= 0.6 is 0 Å². The van der Waals surface area contributed by atoms with Gasteiger partial charge in [-0.15, -0.1) is 0 Å². The number of halogens is 2. The van der Waals surface area contributed by atoms with E-state index in [0.29, 0.717) is 18.5 Å². The number of fused-ring (bicyclic) bond motifs is 1. The summed E-state index contributed by atoms with van der Waals surface area (Å²) in [6.07, 6.45) is 6.56. The van der Waals surface area contributed by atoms with Crippen molar-refractivity contribution in [1.82, 2.24) is 14.5 Å². The first-order valence-electron chi connectivity index (χ1n) is 11.6. The highest BCUT2D eigenvalue weighted by Gasteiger charge is 2.26. The van der Waals surface area contributed by atoms with Gasteiger partial charge in [0.25, 0.3) is 5.91 Å². The third-order valence-electron chi connectivity index (χ3n) is 6.39. The van der Waals surface area contributed by atoms with Crippen LogP contribution in [0.2, 0.25) is 0 Å². The zero-order chi connectivity index (χ0) is 22.7. The summed E-state index contributed by atoms with van der Waals surface area (Å²) in [4.78, 5) is 19.8. The number of para-hydroxylation sites is 2. The van der Waals surface area contributed by atoms with E-state index in [2.05, 4.69) is 24.5 Å². The first-order valence-corrected chi connectivity index (χ1v) is 11.6. The number of hydrogen-bond donors (Lipinski definition) is 0. The van der Waals surface area contributed by atoms with Gasteiger partial charge in [0.15, 0.2) is 11.6 Å². The fraction of sp³-hybridized carbons (Fsp3) is 0.462. The molecule has 1 aliphatic carbocycles. The van der Waals surface area contributed by atoms with Gasteiger partial charge in [0.1, 0.15) is 5.82 Å². The molecule has 6 heteroatoms. The maximum Gasteiger partial charge on any atom is 0.257 e. The summed E-state index contributed by atoms with van der Waals surface area (Å²) >= 11 is 0. The molecule has 32 heavy (non-hydrogen) atoms. The molecule has 1 heterocycles. The van der Waals surface area contributed by atoms with Crippen molar-refractivity contribution in [1.29, 1.82) is 0 Å². The van der Waals surface area contributed by atoms with Crippen molar-refractivity contribution in [3.05, 3.63) is 65.5 Å². The summed E-state index contributed by atoms with van der Waals surface area (Å²) in [6.45, 7) is 4.90. The third-order valence-corrected chi connectivity index (χ3v) is 6.39. The van der Waals surface area contributed by atoms with Gasteiger partial charge in [-0.1, -0.05) is 51.3 Å². The Kier molecular flexibility index (Phi) is 6.87. The van der Waals surface area contributed by atoms with Crippen LogP contribution in [-0.4, -0.2) is 26.9 Å². The van der Waals surface area contributed by atoms with Crippen molar-refractivity contribution in [3.8, 4) is 0 Å². The van der Waals surface area contributed by atoms with Crippen molar-refractivity contribution < 1.29 is 13.6 Å². The maximum atomic E-state index is 14.4. The molecule has 2 aromatic carbocycles. The van der Waals surface area contributed by atoms with Crippen molar-refractivity contribution in [2.45, 2.75) is 65.0 Å². The van der Waals surface area contributed by atoms with Gasteiger partial charge >= 0.3 is 0 Å². The van der Waals surface area contributed by atoms with Crippen LogP contribution in [0.4, 0.5) is 8.78 Å². The lowest BCUT2D eigenvalue weighted by Gasteiger charge is -2.28.